The summed E-state index contributed by atoms with van der Waals surface area (Å²) in [6.45, 7) is 6.78. The van der Waals surface area contributed by atoms with E-state index in [1.165, 1.54) is 6.07 Å². The van der Waals surface area contributed by atoms with Crippen LogP contribution in [-0.2, 0) is 10.2 Å². The molecule has 26 heavy (non-hydrogen) atoms. The average molecular weight is 360 g/mol. The number of amides is 1. The minimum absolute atomic E-state index is 0.136. The van der Waals surface area contributed by atoms with Crippen LogP contribution in [0.25, 0.3) is 0 Å². The second-order valence-corrected chi connectivity index (χ2v) is 7.28. The van der Waals surface area contributed by atoms with Gasteiger partial charge in [-0.05, 0) is 37.8 Å². The molecule has 1 saturated heterocycles. The van der Waals surface area contributed by atoms with Gasteiger partial charge < -0.3 is 15.5 Å². The second kappa shape index (κ2) is 8.06. The Morgan fingerprint density at radius 3 is 2.77 bits per heavy atom. The zero-order chi connectivity index (χ0) is 18.6. The highest BCUT2D eigenvalue weighted by Gasteiger charge is 2.45. The number of likely N-dealkylation sites (tertiary alicyclic amines) is 1. The molecule has 1 aromatic carbocycles. The highest BCUT2D eigenvalue weighted by Crippen LogP contribution is 2.49. The normalized spacial score (nSPS) is 21.6. The fraction of sp³-hybridized carbons (Fsp3) is 0.600. The molecule has 0 aromatic heterocycles. The molecule has 0 spiro atoms. The van der Waals surface area contributed by atoms with Gasteiger partial charge in [0.1, 0.15) is 5.82 Å². The van der Waals surface area contributed by atoms with E-state index in [1.807, 2.05) is 30.9 Å². The summed E-state index contributed by atoms with van der Waals surface area (Å²) >= 11 is 0. The van der Waals surface area contributed by atoms with E-state index in [-0.39, 0.29) is 23.2 Å². The van der Waals surface area contributed by atoms with Crippen LogP contribution in [0.2, 0.25) is 0 Å². The van der Waals surface area contributed by atoms with Gasteiger partial charge in [-0.3, -0.25) is 9.79 Å². The Kier molecular flexibility index (Phi) is 5.79. The van der Waals surface area contributed by atoms with Crippen LogP contribution in [0.5, 0.6) is 0 Å². The van der Waals surface area contributed by atoms with Gasteiger partial charge in [-0.2, -0.15) is 0 Å². The molecule has 3 rings (SSSR count). The van der Waals surface area contributed by atoms with E-state index in [9.17, 15) is 9.18 Å². The van der Waals surface area contributed by atoms with Gasteiger partial charge in [0.05, 0.1) is 6.54 Å². The van der Waals surface area contributed by atoms with Gasteiger partial charge in [0.2, 0.25) is 5.91 Å². The molecular formula is C20H29FN4O. The molecule has 2 aliphatic rings. The smallest absolute Gasteiger partial charge is 0.222 e. The van der Waals surface area contributed by atoms with Crippen molar-refractivity contribution in [3.8, 4) is 0 Å². The maximum Gasteiger partial charge on any atom is 0.222 e. The molecule has 2 N–H and O–H groups in total. The van der Waals surface area contributed by atoms with E-state index < -0.39 is 0 Å². The lowest BCUT2D eigenvalue weighted by molar-refractivity contribution is -0.129. The highest BCUT2D eigenvalue weighted by atomic mass is 19.1. The minimum Gasteiger partial charge on any atom is -0.357 e. The predicted molar refractivity (Wildman–Crippen MR) is 102 cm³/mol. The zero-order valence-corrected chi connectivity index (χ0v) is 15.7. The number of carbonyl (C=O) groups excluding carboxylic acids is 1. The molecule has 1 aliphatic carbocycles. The van der Waals surface area contributed by atoms with Crippen LogP contribution >= 0.6 is 0 Å². The number of nitrogens with one attached hydrogen (secondary N) is 2. The topological polar surface area (TPSA) is 56.7 Å². The Hall–Kier alpha value is -2.11. The first-order valence-corrected chi connectivity index (χ1v) is 9.65. The van der Waals surface area contributed by atoms with Gasteiger partial charge in [0.15, 0.2) is 5.96 Å². The van der Waals surface area contributed by atoms with Crippen molar-refractivity contribution in [2.24, 2.45) is 4.99 Å². The van der Waals surface area contributed by atoms with Gasteiger partial charge in [-0.25, -0.2) is 4.39 Å². The quantitative estimate of drug-likeness (QED) is 0.605. The number of halogens is 1. The third-order valence-electron chi connectivity index (χ3n) is 5.37. The van der Waals surface area contributed by atoms with Crippen molar-refractivity contribution in [3.63, 3.8) is 0 Å². The van der Waals surface area contributed by atoms with Crippen molar-refractivity contribution >= 4 is 11.9 Å². The molecule has 1 aromatic rings. The Morgan fingerprint density at radius 2 is 2.12 bits per heavy atom. The molecule has 1 unspecified atom stereocenters. The predicted octanol–water partition coefficient (Wildman–Crippen LogP) is 2.42. The number of benzene rings is 1. The van der Waals surface area contributed by atoms with E-state index in [0.29, 0.717) is 13.0 Å². The molecule has 2 fully saturated rings. The number of hydrogen-bond acceptors (Lipinski definition) is 2. The number of guanidine groups is 1. The third-order valence-corrected chi connectivity index (χ3v) is 5.37. The molecule has 1 saturated carbocycles. The van der Waals surface area contributed by atoms with Crippen molar-refractivity contribution in [2.75, 3.05) is 26.2 Å². The first-order chi connectivity index (χ1) is 12.6. The van der Waals surface area contributed by atoms with Crippen molar-refractivity contribution < 1.29 is 9.18 Å². The Labute approximate surface area is 155 Å². The first-order valence-electron chi connectivity index (χ1n) is 9.65. The standard InChI is InChI=1S/C20H29FN4O/c1-3-18(26)25-12-9-15(13-25)24-19(22-4-2)23-14-20(10-11-20)16-7-5-6-8-17(16)21/h5-8,15H,3-4,9-14H2,1-2H3,(H2,22,23,24). The van der Waals surface area contributed by atoms with E-state index in [0.717, 1.165) is 50.4 Å². The highest BCUT2D eigenvalue weighted by molar-refractivity contribution is 5.81. The summed E-state index contributed by atoms with van der Waals surface area (Å²) in [5.41, 5.74) is 0.619. The molecule has 1 heterocycles. The molecular weight excluding hydrogens is 331 g/mol. The SMILES string of the molecule is CCNC(=NCC1(c2ccccc2F)CC1)NC1CCN(C(=O)CC)C1. The van der Waals surface area contributed by atoms with E-state index in [1.54, 1.807) is 6.07 Å². The lowest BCUT2D eigenvalue weighted by Crippen LogP contribution is -2.45. The van der Waals surface area contributed by atoms with Crippen LogP contribution in [0.4, 0.5) is 4.39 Å². The van der Waals surface area contributed by atoms with Crippen LogP contribution < -0.4 is 10.6 Å². The summed E-state index contributed by atoms with van der Waals surface area (Å²) in [4.78, 5) is 18.5. The molecule has 142 valence electrons. The molecule has 1 amide bonds. The van der Waals surface area contributed by atoms with Crippen molar-refractivity contribution in [1.82, 2.24) is 15.5 Å². The third kappa shape index (κ3) is 4.17. The molecule has 1 atom stereocenters. The maximum atomic E-state index is 14.2. The van der Waals surface area contributed by atoms with Gasteiger partial charge in [0.25, 0.3) is 0 Å². The van der Waals surface area contributed by atoms with Gasteiger partial charge in [0, 0.05) is 37.5 Å². The Balaban J connectivity index is 1.63. The van der Waals surface area contributed by atoms with Gasteiger partial charge >= 0.3 is 0 Å². The Bertz CT molecular complexity index is 672. The van der Waals surface area contributed by atoms with E-state index in [2.05, 4.69) is 10.6 Å². The van der Waals surface area contributed by atoms with Crippen LogP contribution in [-0.4, -0.2) is 49.0 Å². The second-order valence-electron chi connectivity index (χ2n) is 7.28. The van der Waals surface area contributed by atoms with Gasteiger partial charge in [-0.15, -0.1) is 0 Å². The molecule has 0 radical (unpaired) electrons. The summed E-state index contributed by atoms with van der Waals surface area (Å²) in [6.07, 6.45) is 3.42. The minimum atomic E-state index is -0.159. The summed E-state index contributed by atoms with van der Waals surface area (Å²) in [7, 11) is 0. The van der Waals surface area contributed by atoms with Crippen LogP contribution in [0.3, 0.4) is 0 Å². The lowest BCUT2D eigenvalue weighted by atomic mass is 9.95. The van der Waals surface area contributed by atoms with Crippen molar-refractivity contribution in [3.05, 3.63) is 35.6 Å². The number of rotatable bonds is 6. The Morgan fingerprint density at radius 1 is 1.35 bits per heavy atom. The average Bonchev–Trinajstić information content (AvgIpc) is 3.29. The van der Waals surface area contributed by atoms with E-state index in [4.69, 9.17) is 4.99 Å². The van der Waals surface area contributed by atoms with Crippen LogP contribution in [0.1, 0.15) is 45.1 Å². The summed E-state index contributed by atoms with van der Waals surface area (Å²) in [5.74, 6) is 0.821. The van der Waals surface area contributed by atoms with Crippen molar-refractivity contribution in [2.45, 2.75) is 51.0 Å². The van der Waals surface area contributed by atoms with Crippen LogP contribution in [0, 0.1) is 5.82 Å². The summed E-state index contributed by atoms with van der Waals surface area (Å²) in [5, 5.41) is 6.72. The summed E-state index contributed by atoms with van der Waals surface area (Å²) < 4.78 is 14.2. The molecule has 1 aliphatic heterocycles. The van der Waals surface area contributed by atoms with Crippen molar-refractivity contribution in [1.29, 1.82) is 0 Å². The zero-order valence-electron chi connectivity index (χ0n) is 15.7. The lowest BCUT2D eigenvalue weighted by Gasteiger charge is -2.20. The largest absolute Gasteiger partial charge is 0.357 e. The van der Waals surface area contributed by atoms with Crippen LogP contribution in [0.15, 0.2) is 29.3 Å². The monoisotopic (exact) mass is 360 g/mol. The summed E-state index contributed by atoms with van der Waals surface area (Å²) in [6, 6.07) is 7.24. The molecule has 0 bridgehead atoms. The molecule has 5 nitrogen and oxygen atoms in total. The number of carbonyl (C=O) groups is 1. The van der Waals surface area contributed by atoms with E-state index >= 15 is 0 Å². The number of hydrogen-bond donors (Lipinski definition) is 2. The first kappa shape index (κ1) is 18.7. The fourth-order valence-electron chi connectivity index (χ4n) is 3.63. The maximum absolute atomic E-state index is 14.2. The fourth-order valence-corrected chi connectivity index (χ4v) is 3.63. The molecule has 6 heteroatoms. The number of aliphatic imine (C=N–C) groups is 1. The van der Waals surface area contributed by atoms with Gasteiger partial charge in [-0.1, -0.05) is 25.1 Å². The number of nitrogens with zero attached hydrogens (tertiary/aromatic N) is 2.